The van der Waals surface area contributed by atoms with Crippen LogP contribution in [0.2, 0.25) is 0 Å². The van der Waals surface area contributed by atoms with Gasteiger partial charge in [-0.3, -0.25) is 4.98 Å². The normalized spacial score (nSPS) is 15.8. The van der Waals surface area contributed by atoms with E-state index in [1.165, 1.54) is 44.5 Å². The Morgan fingerprint density at radius 1 is 1.00 bits per heavy atom. The molecular formula is C27H29N. The minimum absolute atomic E-state index is 0.208. The van der Waals surface area contributed by atoms with Crippen molar-refractivity contribution in [3.63, 3.8) is 0 Å². The Bertz CT molecular complexity index is 1070. The van der Waals surface area contributed by atoms with Gasteiger partial charge in [-0.05, 0) is 59.7 Å². The Morgan fingerprint density at radius 2 is 1.79 bits per heavy atom. The van der Waals surface area contributed by atoms with Crippen LogP contribution in [0.1, 0.15) is 66.1 Å². The molecule has 2 aromatic carbocycles. The van der Waals surface area contributed by atoms with E-state index < -0.39 is 0 Å². The summed E-state index contributed by atoms with van der Waals surface area (Å²) in [5.74, 6) is 0.208. The van der Waals surface area contributed by atoms with Crippen molar-refractivity contribution in [2.45, 2.75) is 52.4 Å². The maximum absolute atomic E-state index is 5.10. The van der Waals surface area contributed by atoms with Crippen LogP contribution < -0.4 is 0 Å². The van der Waals surface area contributed by atoms with Crippen molar-refractivity contribution in [2.75, 3.05) is 0 Å². The summed E-state index contributed by atoms with van der Waals surface area (Å²) in [5, 5.41) is 1.29. The summed E-state index contributed by atoms with van der Waals surface area (Å²) >= 11 is 0. The average molecular weight is 368 g/mol. The fourth-order valence-electron chi connectivity index (χ4n) is 4.51. The molecule has 0 saturated carbocycles. The van der Waals surface area contributed by atoms with Crippen molar-refractivity contribution in [1.29, 1.82) is 0 Å². The van der Waals surface area contributed by atoms with Crippen LogP contribution in [0.3, 0.4) is 0 Å². The lowest BCUT2D eigenvalue weighted by Gasteiger charge is -2.27. The molecule has 28 heavy (non-hydrogen) atoms. The molecule has 0 spiro atoms. The van der Waals surface area contributed by atoms with Crippen molar-refractivity contribution in [3.8, 4) is 0 Å². The highest BCUT2D eigenvalue weighted by molar-refractivity contribution is 5.91. The van der Waals surface area contributed by atoms with E-state index in [0.29, 0.717) is 0 Å². The molecular weight excluding hydrogens is 338 g/mol. The van der Waals surface area contributed by atoms with Crippen molar-refractivity contribution in [1.82, 2.24) is 4.98 Å². The molecule has 1 atom stereocenters. The molecule has 0 bridgehead atoms. The summed E-state index contributed by atoms with van der Waals surface area (Å²) in [6, 6.07) is 15.3. The van der Waals surface area contributed by atoms with Gasteiger partial charge in [0.15, 0.2) is 0 Å². The third kappa shape index (κ3) is 3.20. The molecule has 1 unspecified atom stereocenters. The van der Waals surface area contributed by atoms with Crippen LogP contribution in [0, 0.1) is 6.92 Å². The number of aryl methyl sites for hydroxylation is 2. The zero-order chi connectivity index (χ0) is 19.7. The van der Waals surface area contributed by atoms with Crippen LogP contribution in [0.4, 0.5) is 0 Å². The molecule has 0 amide bonds. The molecule has 1 heterocycles. The largest absolute Gasteiger partial charge is 0.253 e. The molecule has 1 aliphatic rings. The van der Waals surface area contributed by atoms with Crippen LogP contribution in [0.15, 0.2) is 55.1 Å². The van der Waals surface area contributed by atoms with Gasteiger partial charge < -0.3 is 0 Å². The van der Waals surface area contributed by atoms with E-state index in [9.17, 15) is 0 Å². The molecule has 0 radical (unpaired) electrons. The smallest absolute Gasteiger partial charge is 0.0708 e. The maximum atomic E-state index is 5.10. The van der Waals surface area contributed by atoms with Gasteiger partial charge in [0.25, 0.3) is 0 Å². The van der Waals surface area contributed by atoms with E-state index in [4.69, 9.17) is 4.98 Å². The number of nitrogens with zero attached hydrogens (tertiary/aromatic N) is 1. The monoisotopic (exact) mass is 367 g/mol. The minimum atomic E-state index is 0.208. The molecule has 4 rings (SSSR count). The first-order valence-electron chi connectivity index (χ1n) is 10.5. The molecule has 142 valence electrons. The van der Waals surface area contributed by atoms with Crippen molar-refractivity contribution < 1.29 is 0 Å². The van der Waals surface area contributed by atoms with Gasteiger partial charge in [0.05, 0.1) is 5.52 Å². The Labute approximate surface area is 168 Å². The van der Waals surface area contributed by atoms with Crippen LogP contribution >= 0.6 is 0 Å². The highest BCUT2D eigenvalue weighted by atomic mass is 14.7. The van der Waals surface area contributed by atoms with Crippen molar-refractivity contribution in [2.24, 2.45) is 0 Å². The lowest BCUT2D eigenvalue weighted by molar-refractivity contribution is 0.821. The van der Waals surface area contributed by atoms with Gasteiger partial charge in [0, 0.05) is 17.0 Å². The second kappa shape index (κ2) is 7.75. The average Bonchev–Trinajstić information content (AvgIpc) is 2.70. The quantitative estimate of drug-likeness (QED) is 0.462. The van der Waals surface area contributed by atoms with Crippen molar-refractivity contribution >= 4 is 22.6 Å². The van der Waals surface area contributed by atoms with E-state index in [1.807, 2.05) is 0 Å². The fraction of sp³-hybridized carbons (Fsp3) is 0.296. The minimum Gasteiger partial charge on any atom is -0.253 e. The first-order valence-corrected chi connectivity index (χ1v) is 10.5. The predicted octanol–water partition coefficient (Wildman–Crippen LogP) is 7.27. The van der Waals surface area contributed by atoms with E-state index in [1.54, 1.807) is 0 Å². The summed E-state index contributed by atoms with van der Waals surface area (Å²) in [6.45, 7) is 11.2. The summed E-state index contributed by atoms with van der Waals surface area (Å²) in [7, 11) is 0. The number of allylic oxidation sites excluding steroid dienone is 2. The predicted molar refractivity (Wildman–Crippen MR) is 122 cm³/mol. The Hall–Kier alpha value is -2.67. The number of rotatable bonds is 5. The first kappa shape index (κ1) is 18.7. The number of pyridine rings is 1. The van der Waals surface area contributed by atoms with Gasteiger partial charge in [-0.1, -0.05) is 81.3 Å². The number of hydrogen-bond acceptors (Lipinski definition) is 1. The Kier molecular flexibility index (Phi) is 5.17. The van der Waals surface area contributed by atoms with Gasteiger partial charge in [0.2, 0.25) is 0 Å². The molecule has 1 nitrogen and oxygen atoms in total. The first-order chi connectivity index (χ1) is 13.6. The highest BCUT2D eigenvalue weighted by Crippen LogP contribution is 2.43. The second-order valence-corrected chi connectivity index (χ2v) is 7.92. The van der Waals surface area contributed by atoms with Gasteiger partial charge in [-0.15, -0.1) is 0 Å². The Morgan fingerprint density at radius 3 is 2.57 bits per heavy atom. The molecule has 1 aromatic heterocycles. The van der Waals surface area contributed by atoms with Gasteiger partial charge in [-0.2, -0.15) is 0 Å². The summed E-state index contributed by atoms with van der Waals surface area (Å²) in [6.07, 6.45) is 8.96. The molecule has 0 N–H and O–H groups in total. The number of hydrogen-bond donors (Lipinski definition) is 0. The standard InChI is InChI=1S/C27H29N/c1-5-9-23-25(10-6-2)28-26-16-13-18(3)17-24(26)27(23)22-15-14-20-11-7-8-12-21(20)19(22)4/h7-8,11-17,22H,4-6,9-10H2,1-3H3. The molecule has 3 aromatic rings. The van der Waals surface area contributed by atoms with Crippen LogP contribution in [-0.2, 0) is 12.8 Å². The number of fused-ring (bicyclic) bond motifs is 2. The lowest BCUT2D eigenvalue weighted by Crippen LogP contribution is -2.11. The third-order valence-corrected chi connectivity index (χ3v) is 5.82. The topological polar surface area (TPSA) is 12.9 Å². The van der Waals surface area contributed by atoms with Crippen molar-refractivity contribution in [3.05, 3.63) is 88.6 Å². The zero-order valence-electron chi connectivity index (χ0n) is 17.3. The summed E-state index contributed by atoms with van der Waals surface area (Å²) < 4.78 is 0. The Balaban J connectivity index is 2.00. The zero-order valence-corrected chi connectivity index (χ0v) is 17.3. The fourth-order valence-corrected chi connectivity index (χ4v) is 4.51. The second-order valence-electron chi connectivity index (χ2n) is 7.92. The lowest BCUT2D eigenvalue weighted by atomic mass is 9.77. The van der Waals surface area contributed by atoms with E-state index in [-0.39, 0.29) is 5.92 Å². The maximum Gasteiger partial charge on any atom is 0.0708 e. The van der Waals surface area contributed by atoms with Gasteiger partial charge in [-0.25, -0.2) is 0 Å². The molecule has 0 fully saturated rings. The highest BCUT2D eigenvalue weighted by Gasteiger charge is 2.25. The third-order valence-electron chi connectivity index (χ3n) is 5.82. The van der Waals surface area contributed by atoms with Gasteiger partial charge >= 0.3 is 0 Å². The van der Waals surface area contributed by atoms with Gasteiger partial charge in [0.1, 0.15) is 0 Å². The summed E-state index contributed by atoms with van der Waals surface area (Å²) in [4.78, 5) is 5.10. The molecule has 0 saturated heterocycles. The van der Waals surface area contributed by atoms with Crippen LogP contribution in [0.25, 0.3) is 22.6 Å². The van der Waals surface area contributed by atoms with Crippen LogP contribution in [0.5, 0.6) is 0 Å². The molecule has 1 heteroatoms. The SMILES string of the molecule is C=C1c2ccccc2C=CC1c1c(CCC)c(CCC)nc2ccc(C)cc12. The number of aromatic nitrogens is 1. The van der Waals surface area contributed by atoms with E-state index >= 15 is 0 Å². The van der Waals surface area contributed by atoms with Crippen LogP contribution in [-0.4, -0.2) is 4.98 Å². The molecule has 1 aliphatic carbocycles. The molecule has 0 aliphatic heterocycles. The number of benzene rings is 2. The van der Waals surface area contributed by atoms with E-state index in [2.05, 4.69) is 82.0 Å². The van der Waals surface area contributed by atoms with E-state index in [0.717, 1.165) is 31.2 Å². The summed E-state index contributed by atoms with van der Waals surface area (Å²) in [5.41, 5.74) is 10.3.